The quantitative estimate of drug-likeness (QED) is 0.380. The van der Waals surface area contributed by atoms with Gasteiger partial charge >= 0.3 is 12.1 Å². The van der Waals surface area contributed by atoms with Crippen LogP contribution < -0.4 is 10.6 Å². The summed E-state index contributed by atoms with van der Waals surface area (Å²) in [5, 5.41) is 5.34. The zero-order valence-electron chi connectivity index (χ0n) is 25.6. The van der Waals surface area contributed by atoms with E-state index in [1.807, 2.05) is 49.4 Å². The minimum Gasteiger partial charge on any atom is -0.458 e. The molecule has 41 heavy (non-hydrogen) atoms. The first-order valence-electron chi connectivity index (χ1n) is 14.1. The summed E-state index contributed by atoms with van der Waals surface area (Å²) in [6.45, 7) is 14.1. The number of ether oxygens (including phenoxy) is 2. The lowest BCUT2D eigenvalue weighted by Gasteiger charge is -2.32. The first kappa shape index (κ1) is 33.3. The average molecular weight is 568 g/mol. The van der Waals surface area contributed by atoms with Gasteiger partial charge in [0.1, 0.15) is 29.8 Å². The highest BCUT2D eigenvalue weighted by Gasteiger charge is 2.35. The first-order valence-corrected chi connectivity index (χ1v) is 14.1. The molecule has 2 atom stereocenters. The largest absolute Gasteiger partial charge is 0.458 e. The molecule has 224 valence electrons. The molecule has 9 nitrogen and oxygen atoms in total. The second kappa shape index (κ2) is 14.7. The van der Waals surface area contributed by atoms with Crippen LogP contribution in [0.4, 0.5) is 4.79 Å². The summed E-state index contributed by atoms with van der Waals surface area (Å²) in [5.41, 5.74) is 1.01. The van der Waals surface area contributed by atoms with E-state index >= 15 is 0 Å². The number of likely N-dealkylation sites (N-methyl/N-ethyl adjacent to an activating group) is 1. The van der Waals surface area contributed by atoms with Crippen molar-refractivity contribution in [2.75, 3.05) is 13.1 Å². The maximum Gasteiger partial charge on any atom is 0.408 e. The summed E-state index contributed by atoms with van der Waals surface area (Å²) in [5.74, 6) is -1.58. The second-order valence-electron chi connectivity index (χ2n) is 11.8. The van der Waals surface area contributed by atoms with E-state index in [0.29, 0.717) is 5.56 Å². The molecule has 0 saturated carbocycles. The Kier molecular flexibility index (Phi) is 11.9. The van der Waals surface area contributed by atoms with E-state index in [2.05, 4.69) is 10.6 Å². The molecule has 0 fully saturated rings. The topological polar surface area (TPSA) is 114 Å². The summed E-state index contributed by atoms with van der Waals surface area (Å²) >= 11 is 0. The van der Waals surface area contributed by atoms with E-state index in [1.54, 1.807) is 60.6 Å². The lowest BCUT2D eigenvalue weighted by atomic mass is 10.00. The number of rotatable bonds is 11. The van der Waals surface area contributed by atoms with Crippen LogP contribution in [0.5, 0.6) is 0 Å². The number of amides is 3. The molecule has 0 bridgehead atoms. The van der Waals surface area contributed by atoms with Gasteiger partial charge in [0.2, 0.25) is 11.8 Å². The number of nitrogens with one attached hydrogen (secondary N) is 2. The van der Waals surface area contributed by atoms with Crippen molar-refractivity contribution in [3.63, 3.8) is 0 Å². The molecule has 2 aromatic carbocycles. The average Bonchev–Trinajstić information content (AvgIpc) is 2.88. The molecule has 2 unspecified atom stereocenters. The van der Waals surface area contributed by atoms with Crippen molar-refractivity contribution in [2.24, 2.45) is 0 Å². The molecule has 2 rings (SSSR count). The Balaban J connectivity index is 2.39. The molecule has 0 radical (unpaired) electrons. The minimum atomic E-state index is -1.06. The van der Waals surface area contributed by atoms with Gasteiger partial charge in [-0.15, -0.1) is 0 Å². The number of hydrogen-bond donors (Lipinski definition) is 2. The van der Waals surface area contributed by atoms with Crippen LogP contribution >= 0.6 is 0 Å². The first-order chi connectivity index (χ1) is 19.1. The van der Waals surface area contributed by atoms with Crippen LogP contribution in [0.2, 0.25) is 0 Å². The van der Waals surface area contributed by atoms with Gasteiger partial charge in [-0.25, -0.2) is 9.59 Å². The van der Waals surface area contributed by atoms with Gasteiger partial charge in [-0.3, -0.25) is 9.59 Å². The third-order valence-corrected chi connectivity index (χ3v) is 6.00. The second-order valence-corrected chi connectivity index (χ2v) is 11.8. The number of nitrogens with zero attached hydrogens (tertiary/aromatic N) is 1. The minimum absolute atomic E-state index is 0.179. The van der Waals surface area contributed by atoms with Crippen molar-refractivity contribution >= 4 is 23.9 Å². The molecule has 2 aromatic rings. The highest BCUT2D eigenvalue weighted by atomic mass is 16.6. The molecule has 0 aliphatic rings. The predicted octanol–water partition coefficient (Wildman–Crippen LogP) is 4.73. The van der Waals surface area contributed by atoms with Gasteiger partial charge in [0.15, 0.2) is 0 Å². The number of benzene rings is 2. The highest BCUT2D eigenvalue weighted by Crippen LogP contribution is 2.23. The molecule has 0 saturated heterocycles. The van der Waals surface area contributed by atoms with Gasteiger partial charge in [-0.2, -0.15) is 0 Å². The van der Waals surface area contributed by atoms with Crippen molar-refractivity contribution < 1.29 is 28.7 Å². The fourth-order valence-electron chi connectivity index (χ4n) is 4.14. The van der Waals surface area contributed by atoms with Gasteiger partial charge < -0.3 is 25.0 Å². The molecular weight excluding hydrogens is 522 g/mol. The van der Waals surface area contributed by atoms with Crippen molar-refractivity contribution in [1.82, 2.24) is 15.5 Å². The van der Waals surface area contributed by atoms with Gasteiger partial charge in [-0.1, -0.05) is 61.5 Å². The fraction of sp³-hybridized carbons (Fsp3) is 0.500. The van der Waals surface area contributed by atoms with E-state index < -0.39 is 47.2 Å². The molecule has 0 aliphatic carbocycles. The van der Waals surface area contributed by atoms with Gasteiger partial charge in [-0.05, 0) is 71.6 Å². The van der Waals surface area contributed by atoms with Crippen LogP contribution in [0.25, 0.3) is 0 Å². The highest BCUT2D eigenvalue weighted by molar-refractivity contribution is 5.92. The molecule has 0 aromatic heterocycles. The number of hydrogen-bond acceptors (Lipinski definition) is 6. The van der Waals surface area contributed by atoms with Crippen LogP contribution in [0.1, 0.15) is 78.1 Å². The molecule has 3 amide bonds. The van der Waals surface area contributed by atoms with E-state index in [1.165, 1.54) is 4.90 Å². The Bertz CT molecular complexity index is 1170. The molecule has 9 heteroatoms. The van der Waals surface area contributed by atoms with E-state index in [-0.39, 0.29) is 19.5 Å². The van der Waals surface area contributed by atoms with E-state index in [4.69, 9.17) is 9.47 Å². The summed E-state index contributed by atoms with van der Waals surface area (Å²) in [4.78, 5) is 54.1. The Hall–Kier alpha value is -3.88. The lowest BCUT2D eigenvalue weighted by molar-refractivity contribution is -0.159. The number of carbonyl (C=O) groups excluding carboxylic acids is 4. The summed E-state index contributed by atoms with van der Waals surface area (Å²) < 4.78 is 10.9. The maximum absolute atomic E-state index is 14.0. The van der Waals surface area contributed by atoms with Gasteiger partial charge in [0.05, 0.1) is 0 Å². The molecular formula is C32H45N3O6. The Labute approximate surface area is 244 Å². The van der Waals surface area contributed by atoms with Crippen LogP contribution in [-0.2, 0) is 36.7 Å². The van der Waals surface area contributed by atoms with Crippen LogP contribution in [0.15, 0.2) is 54.6 Å². The zero-order chi connectivity index (χ0) is 30.8. The Morgan fingerprint density at radius 1 is 0.805 bits per heavy atom. The summed E-state index contributed by atoms with van der Waals surface area (Å²) in [7, 11) is 0. The Morgan fingerprint density at radius 3 is 1.90 bits per heavy atom. The molecule has 0 aliphatic heterocycles. The van der Waals surface area contributed by atoms with Crippen LogP contribution in [-0.4, -0.2) is 59.1 Å². The monoisotopic (exact) mass is 567 g/mol. The van der Waals surface area contributed by atoms with Crippen molar-refractivity contribution in [3.05, 3.63) is 71.3 Å². The van der Waals surface area contributed by atoms with Crippen LogP contribution in [0.3, 0.4) is 0 Å². The lowest BCUT2D eigenvalue weighted by Crippen LogP contribution is -2.52. The number of aryl methyl sites for hydroxylation is 1. The van der Waals surface area contributed by atoms with E-state index in [9.17, 15) is 19.2 Å². The van der Waals surface area contributed by atoms with Crippen molar-refractivity contribution in [3.8, 4) is 0 Å². The van der Waals surface area contributed by atoms with Crippen LogP contribution in [0, 0.1) is 0 Å². The third kappa shape index (κ3) is 11.3. The van der Waals surface area contributed by atoms with Crippen molar-refractivity contribution in [2.45, 2.75) is 91.5 Å². The standard InChI is InChI=1S/C32H45N3O6/c1-9-22-16-18-24(19-17-22)27(35(10-2)26(36)21-33-30(39)41-32(6,7)8)28(37)34-25(29(38)40-31(3,4)5)20-23-14-12-11-13-15-23/h11-19,25,27H,9-10,20-21H2,1-8H3,(H,33,39)(H,34,37). The molecule has 2 N–H and O–H groups in total. The number of carbonyl (C=O) groups is 4. The predicted molar refractivity (Wildman–Crippen MR) is 158 cm³/mol. The van der Waals surface area contributed by atoms with Crippen molar-refractivity contribution in [1.29, 1.82) is 0 Å². The zero-order valence-corrected chi connectivity index (χ0v) is 25.6. The van der Waals surface area contributed by atoms with Gasteiger partial charge in [0, 0.05) is 13.0 Å². The molecule has 0 heterocycles. The molecule has 0 spiro atoms. The third-order valence-electron chi connectivity index (χ3n) is 6.00. The number of alkyl carbamates (subject to hydrolysis) is 1. The maximum atomic E-state index is 14.0. The SMILES string of the molecule is CCc1ccc(C(C(=O)NC(Cc2ccccc2)C(=O)OC(C)(C)C)N(CC)C(=O)CNC(=O)OC(C)(C)C)cc1. The summed E-state index contributed by atoms with van der Waals surface area (Å²) in [6, 6.07) is 14.7. The normalized spacial score (nSPS) is 13.0. The fourth-order valence-corrected chi connectivity index (χ4v) is 4.14. The summed E-state index contributed by atoms with van der Waals surface area (Å²) in [6.07, 6.45) is 0.289. The number of esters is 1. The van der Waals surface area contributed by atoms with E-state index in [0.717, 1.165) is 17.5 Å². The van der Waals surface area contributed by atoms with Gasteiger partial charge in [0.25, 0.3) is 0 Å². The smallest absolute Gasteiger partial charge is 0.408 e. The Morgan fingerprint density at radius 2 is 1.39 bits per heavy atom.